The van der Waals surface area contributed by atoms with Crippen LogP contribution in [0.1, 0.15) is 34.2 Å². The molecule has 0 bridgehead atoms. The molecule has 4 rings (SSSR count). The van der Waals surface area contributed by atoms with Crippen LogP contribution in [0.3, 0.4) is 0 Å². The first-order chi connectivity index (χ1) is 13.6. The van der Waals surface area contributed by atoms with Crippen molar-refractivity contribution in [1.82, 2.24) is 14.8 Å². The van der Waals surface area contributed by atoms with E-state index in [0.717, 1.165) is 34.6 Å². The summed E-state index contributed by atoms with van der Waals surface area (Å²) in [5, 5.41) is 8.42. The molecule has 2 aromatic carbocycles. The minimum Gasteiger partial charge on any atom is -0.322 e. The SMILES string of the molecule is CCc1ccc(NC(=O)c2cc(C)nc3c2c(C)nn3-c2ccccc2)cc1. The number of para-hydroxylation sites is 1. The Morgan fingerprint density at radius 2 is 1.75 bits per heavy atom. The molecule has 4 aromatic rings. The summed E-state index contributed by atoms with van der Waals surface area (Å²) >= 11 is 0. The van der Waals surface area contributed by atoms with Gasteiger partial charge in [-0.05, 0) is 56.2 Å². The van der Waals surface area contributed by atoms with Crippen molar-refractivity contribution in [3.8, 4) is 5.69 Å². The number of pyridine rings is 1. The van der Waals surface area contributed by atoms with Crippen LogP contribution in [0.4, 0.5) is 5.69 Å². The van der Waals surface area contributed by atoms with Gasteiger partial charge >= 0.3 is 0 Å². The minimum absolute atomic E-state index is 0.157. The van der Waals surface area contributed by atoms with Gasteiger partial charge in [0, 0.05) is 11.4 Å². The zero-order chi connectivity index (χ0) is 19.7. The van der Waals surface area contributed by atoms with Crippen molar-refractivity contribution >= 4 is 22.6 Å². The molecule has 0 atom stereocenters. The lowest BCUT2D eigenvalue weighted by molar-refractivity contribution is 0.102. The standard InChI is InChI=1S/C23H22N4O/c1-4-17-10-12-18(13-11-17)25-23(28)20-14-15(2)24-22-21(20)16(3)26-27(22)19-8-6-5-7-9-19/h5-14H,4H2,1-3H3,(H,25,28). The van der Waals surface area contributed by atoms with Gasteiger partial charge in [0.25, 0.3) is 5.91 Å². The first-order valence-electron chi connectivity index (χ1n) is 9.39. The highest BCUT2D eigenvalue weighted by molar-refractivity contribution is 6.12. The fraction of sp³-hybridized carbons (Fsp3) is 0.174. The predicted octanol–water partition coefficient (Wildman–Crippen LogP) is 4.85. The number of nitrogens with one attached hydrogen (secondary N) is 1. The molecule has 0 aliphatic rings. The van der Waals surface area contributed by atoms with Gasteiger partial charge in [-0.25, -0.2) is 9.67 Å². The summed E-state index contributed by atoms with van der Waals surface area (Å²) in [7, 11) is 0. The van der Waals surface area contributed by atoms with Crippen molar-refractivity contribution in [2.75, 3.05) is 5.32 Å². The van der Waals surface area contributed by atoms with Gasteiger partial charge in [-0.15, -0.1) is 0 Å². The molecule has 0 spiro atoms. The third-order valence-corrected chi connectivity index (χ3v) is 4.81. The Morgan fingerprint density at radius 1 is 1.04 bits per heavy atom. The third-order valence-electron chi connectivity index (χ3n) is 4.81. The zero-order valence-electron chi connectivity index (χ0n) is 16.2. The van der Waals surface area contributed by atoms with Crippen LogP contribution in [0, 0.1) is 13.8 Å². The first kappa shape index (κ1) is 17.9. The van der Waals surface area contributed by atoms with E-state index in [4.69, 9.17) is 0 Å². The number of carbonyl (C=O) groups is 1. The maximum absolute atomic E-state index is 13.1. The molecule has 0 fully saturated rings. The number of aryl methyl sites for hydroxylation is 3. The number of carbonyl (C=O) groups excluding carboxylic acids is 1. The number of aromatic nitrogens is 3. The molecule has 2 aromatic heterocycles. The molecule has 0 saturated heterocycles. The van der Waals surface area contributed by atoms with Gasteiger partial charge in [0.1, 0.15) is 0 Å². The van der Waals surface area contributed by atoms with E-state index in [-0.39, 0.29) is 5.91 Å². The van der Waals surface area contributed by atoms with Crippen LogP contribution in [0.5, 0.6) is 0 Å². The van der Waals surface area contributed by atoms with Gasteiger partial charge in [-0.2, -0.15) is 5.10 Å². The summed E-state index contributed by atoms with van der Waals surface area (Å²) in [6, 6.07) is 19.6. The molecule has 2 heterocycles. The highest BCUT2D eigenvalue weighted by atomic mass is 16.1. The summed E-state index contributed by atoms with van der Waals surface area (Å²) in [4.78, 5) is 17.7. The molecule has 0 radical (unpaired) electrons. The second kappa shape index (κ2) is 7.27. The molecule has 0 aliphatic heterocycles. The average molecular weight is 370 g/mol. The van der Waals surface area contributed by atoms with E-state index >= 15 is 0 Å². The molecule has 1 N–H and O–H groups in total. The van der Waals surface area contributed by atoms with E-state index in [2.05, 4.69) is 22.3 Å². The Kier molecular flexibility index (Phi) is 4.65. The maximum Gasteiger partial charge on any atom is 0.256 e. The molecule has 28 heavy (non-hydrogen) atoms. The predicted molar refractivity (Wildman–Crippen MR) is 112 cm³/mol. The van der Waals surface area contributed by atoms with Gasteiger partial charge in [0.15, 0.2) is 5.65 Å². The molecule has 0 unspecified atom stereocenters. The van der Waals surface area contributed by atoms with Crippen molar-refractivity contribution in [3.05, 3.63) is 83.2 Å². The van der Waals surface area contributed by atoms with Crippen LogP contribution < -0.4 is 5.32 Å². The van der Waals surface area contributed by atoms with Crippen LogP contribution in [0.2, 0.25) is 0 Å². The number of hydrogen-bond acceptors (Lipinski definition) is 3. The van der Waals surface area contributed by atoms with E-state index < -0.39 is 0 Å². The zero-order valence-corrected chi connectivity index (χ0v) is 16.2. The number of hydrogen-bond donors (Lipinski definition) is 1. The average Bonchev–Trinajstić information content (AvgIpc) is 3.05. The second-order valence-corrected chi connectivity index (χ2v) is 6.85. The van der Waals surface area contributed by atoms with E-state index in [1.54, 1.807) is 4.68 Å². The molecular formula is C23H22N4O. The Bertz CT molecular complexity index is 1140. The fourth-order valence-corrected chi connectivity index (χ4v) is 3.36. The minimum atomic E-state index is -0.157. The second-order valence-electron chi connectivity index (χ2n) is 6.85. The van der Waals surface area contributed by atoms with Crippen LogP contribution in [-0.2, 0) is 6.42 Å². The monoisotopic (exact) mass is 370 g/mol. The van der Waals surface area contributed by atoms with Gasteiger partial charge in [-0.1, -0.05) is 37.3 Å². The molecule has 0 aliphatic carbocycles. The van der Waals surface area contributed by atoms with Gasteiger partial charge in [-0.3, -0.25) is 4.79 Å². The summed E-state index contributed by atoms with van der Waals surface area (Å²) < 4.78 is 1.80. The normalized spacial score (nSPS) is 11.0. The van der Waals surface area contributed by atoms with Gasteiger partial charge in [0.05, 0.1) is 22.3 Å². The Labute approximate surface area is 164 Å². The highest BCUT2D eigenvalue weighted by Gasteiger charge is 2.19. The van der Waals surface area contributed by atoms with Crippen LogP contribution in [0.25, 0.3) is 16.7 Å². The fourth-order valence-electron chi connectivity index (χ4n) is 3.36. The number of rotatable bonds is 4. The maximum atomic E-state index is 13.1. The van der Waals surface area contributed by atoms with E-state index in [1.807, 2.05) is 74.5 Å². The van der Waals surface area contributed by atoms with Crippen LogP contribution in [0.15, 0.2) is 60.7 Å². The summed E-state index contributed by atoms with van der Waals surface area (Å²) in [5.41, 5.74) is 5.75. The summed E-state index contributed by atoms with van der Waals surface area (Å²) in [5.74, 6) is -0.157. The Hall–Kier alpha value is -3.47. The molecule has 140 valence electrons. The van der Waals surface area contributed by atoms with Crippen molar-refractivity contribution < 1.29 is 4.79 Å². The highest BCUT2D eigenvalue weighted by Crippen LogP contribution is 2.25. The topological polar surface area (TPSA) is 59.8 Å². The largest absolute Gasteiger partial charge is 0.322 e. The van der Waals surface area contributed by atoms with E-state index in [1.165, 1.54) is 5.56 Å². The summed E-state index contributed by atoms with van der Waals surface area (Å²) in [6.07, 6.45) is 0.969. The molecular weight excluding hydrogens is 348 g/mol. The first-order valence-corrected chi connectivity index (χ1v) is 9.39. The number of benzene rings is 2. The number of fused-ring (bicyclic) bond motifs is 1. The quantitative estimate of drug-likeness (QED) is 0.558. The molecule has 0 saturated carbocycles. The number of nitrogens with zero attached hydrogens (tertiary/aromatic N) is 3. The Balaban J connectivity index is 1.78. The van der Waals surface area contributed by atoms with Crippen LogP contribution in [-0.4, -0.2) is 20.7 Å². The van der Waals surface area contributed by atoms with Crippen molar-refractivity contribution in [2.24, 2.45) is 0 Å². The molecule has 1 amide bonds. The van der Waals surface area contributed by atoms with E-state index in [9.17, 15) is 4.79 Å². The van der Waals surface area contributed by atoms with Gasteiger partial charge < -0.3 is 5.32 Å². The summed E-state index contributed by atoms with van der Waals surface area (Å²) in [6.45, 7) is 5.91. The molecule has 5 nitrogen and oxygen atoms in total. The lowest BCUT2D eigenvalue weighted by Crippen LogP contribution is -2.13. The van der Waals surface area contributed by atoms with Crippen molar-refractivity contribution in [1.29, 1.82) is 0 Å². The number of amides is 1. The lowest BCUT2D eigenvalue weighted by atomic mass is 10.1. The van der Waals surface area contributed by atoms with Crippen molar-refractivity contribution in [3.63, 3.8) is 0 Å². The third kappa shape index (κ3) is 3.27. The van der Waals surface area contributed by atoms with Gasteiger partial charge in [0.2, 0.25) is 0 Å². The van der Waals surface area contributed by atoms with Crippen molar-refractivity contribution in [2.45, 2.75) is 27.2 Å². The van der Waals surface area contributed by atoms with E-state index in [0.29, 0.717) is 11.2 Å². The lowest BCUT2D eigenvalue weighted by Gasteiger charge is -2.09. The Morgan fingerprint density at radius 3 is 2.43 bits per heavy atom. The van der Waals surface area contributed by atoms with Crippen LogP contribution >= 0.6 is 0 Å². The number of anilines is 1. The smallest absolute Gasteiger partial charge is 0.256 e. The molecule has 5 heteroatoms.